The highest BCUT2D eigenvalue weighted by molar-refractivity contribution is 14.1. The van der Waals surface area contributed by atoms with Gasteiger partial charge in [-0.25, -0.2) is 0 Å². The predicted molar refractivity (Wildman–Crippen MR) is 74.1 cm³/mol. The Labute approximate surface area is 114 Å². The van der Waals surface area contributed by atoms with Crippen LogP contribution in [-0.4, -0.2) is 4.92 Å². The van der Waals surface area contributed by atoms with Gasteiger partial charge in [0.15, 0.2) is 0 Å². The van der Waals surface area contributed by atoms with E-state index in [-0.39, 0.29) is 5.69 Å². The zero-order valence-electron chi connectivity index (χ0n) is 7.81. The van der Waals surface area contributed by atoms with Gasteiger partial charge in [-0.2, -0.15) is 0 Å². The number of benzene rings is 1. The lowest BCUT2D eigenvalue weighted by Gasteiger charge is -2.00. The summed E-state index contributed by atoms with van der Waals surface area (Å²) in [6, 6.07) is 8.34. The van der Waals surface area contributed by atoms with E-state index < -0.39 is 4.92 Å². The van der Waals surface area contributed by atoms with Crippen molar-refractivity contribution in [1.29, 1.82) is 0 Å². The van der Waals surface area contributed by atoms with E-state index in [0.717, 1.165) is 7.76 Å². The molecule has 0 N–H and O–H groups in total. The van der Waals surface area contributed by atoms with Gasteiger partial charge in [-0.1, -0.05) is 11.6 Å². The lowest BCUT2D eigenvalue weighted by Crippen LogP contribution is -1.88. The Morgan fingerprint density at radius 3 is 2.62 bits per heavy atom. The highest BCUT2D eigenvalue weighted by Crippen LogP contribution is 2.35. The second-order valence-corrected chi connectivity index (χ2v) is 6.41. The fourth-order valence-electron chi connectivity index (χ4n) is 1.27. The molecule has 0 bridgehead atoms. The molecule has 16 heavy (non-hydrogen) atoms. The molecule has 0 amide bonds. The third-order valence-corrected chi connectivity index (χ3v) is 4.26. The zero-order valence-corrected chi connectivity index (χ0v) is 11.5. The van der Waals surface area contributed by atoms with Crippen molar-refractivity contribution in [2.24, 2.45) is 0 Å². The smallest absolute Gasteiger partial charge is 0.258 e. The lowest BCUT2D eigenvalue weighted by molar-refractivity contribution is -0.384. The average molecular weight is 366 g/mol. The molecule has 0 unspecified atom stereocenters. The molecule has 0 aliphatic carbocycles. The van der Waals surface area contributed by atoms with E-state index in [9.17, 15) is 10.1 Å². The summed E-state index contributed by atoms with van der Waals surface area (Å²) in [7, 11) is 0. The molecule has 0 aliphatic rings. The highest BCUT2D eigenvalue weighted by atomic mass is 127. The first-order valence-electron chi connectivity index (χ1n) is 4.27. The largest absolute Gasteiger partial charge is 0.270 e. The summed E-state index contributed by atoms with van der Waals surface area (Å²) in [6.07, 6.45) is 0. The van der Waals surface area contributed by atoms with Crippen LogP contribution in [0.4, 0.5) is 5.69 Å². The normalized spacial score (nSPS) is 10.4. The van der Waals surface area contributed by atoms with E-state index in [1.165, 1.54) is 12.1 Å². The summed E-state index contributed by atoms with van der Waals surface area (Å²) in [5, 5.41) is 11.2. The second kappa shape index (κ2) is 4.68. The van der Waals surface area contributed by atoms with Gasteiger partial charge in [-0.3, -0.25) is 10.1 Å². The van der Waals surface area contributed by atoms with Crippen LogP contribution in [0, 0.1) is 13.0 Å². The van der Waals surface area contributed by atoms with Crippen LogP contribution in [0.15, 0.2) is 30.3 Å². The maximum atomic E-state index is 10.7. The van der Waals surface area contributed by atoms with Gasteiger partial charge < -0.3 is 0 Å². The Hall–Kier alpha value is -0.660. The van der Waals surface area contributed by atoms with Crippen LogP contribution in [-0.2, 0) is 0 Å². The van der Waals surface area contributed by atoms with E-state index in [1.807, 2.05) is 12.1 Å². The first kappa shape index (κ1) is 11.8. The van der Waals surface area contributed by atoms with Crippen LogP contribution in [0.5, 0.6) is 0 Å². The van der Waals surface area contributed by atoms with Crippen LogP contribution in [0.2, 0.25) is 5.02 Å². The van der Waals surface area contributed by atoms with Gasteiger partial charge in [-0.15, -0.1) is 11.3 Å². The molecule has 0 saturated carbocycles. The topological polar surface area (TPSA) is 43.1 Å². The van der Waals surface area contributed by atoms with Crippen molar-refractivity contribution in [2.45, 2.75) is 0 Å². The van der Waals surface area contributed by atoms with Gasteiger partial charge in [0.05, 0.1) is 7.81 Å². The van der Waals surface area contributed by atoms with Crippen molar-refractivity contribution in [3.8, 4) is 10.4 Å². The van der Waals surface area contributed by atoms with E-state index in [2.05, 4.69) is 22.6 Å². The van der Waals surface area contributed by atoms with Crippen molar-refractivity contribution in [3.63, 3.8) is 0 Å². The number of nitro benzene ring substituents is 1. The van der Waals surface area contributed by atoms with E-state index in [0.29, 0.717) is 10.6 Å². The summed E-state index contributed by atoms with van der Waals surface area (Å²) in [6.45, 7) is 0. The van der Waals surface area contributed by atoms with E-state index in [1.54, 1.807) is 17.4 Å². The predicted octanol–water partition coefficient (Wildman–Crippen LogP) is 4.58. The summed E-state index contributed by atoms with van der Waals surface area (Å²) >= 11 is 9.78. The van der Waals surface area contributed by atoms with E-state index in [4.69, 9.17) is 11.6 Å². The molecule has 1 aromatic carbocycles. The second-order valence-electron chi connectivity index (χ2n) is 3.03. The minimum Gasteiger partial charge on any atom is -0.258 e. The highest BCUT2D eigenvalue weighted by Gasteiger charge is 2.12. The summed E-state index contributed by atoms with van der Waals surface area (Å²) in [4.78, 5) is 11.2. The van der Waals surface area contributed by atoms with Crippen LogP contribution < -0.4 is 0 Å². The molecule has 0 saturated heterocycles. The summed E-state index contributed by atoms with van der Waals surface area (Å²) in [5.41, 5.74) is 0.770. The van der Waals surface area contributed by atoms with Crippen LogP contribution in [0.1, 0.15) is 0 Å². The van der Waals surface area contributed by atoms with Gasteiger partial charge in [0.25, 0.3) is 5.69 Å². The van der Waals surface area contributed by atoms with Crippen molar-refractivity contribution in [3.05, 3.63) is 48.4 Å². The maximum Gasteiger partial charge on any atom is 0.270 e. The molecule has 0 fully saturated rings. The molecule has 6 heteroatoms. The Morgan fingerprint density at radius 2 is 2.06 bits per heavy atom. The van der Waals surface area contributed by atoms with Crippen molar-refractivity contribution in [2.75, 3.05) is 0 Å². The number of hydrogen-bond donors (Lipinski definition) is 0. The molecule has 0 spiro atoms. The van der Waals surface area contributed by atoms with Crippen molar-refractivity contribution < 1.29 is 4.92 Å². The minimum absolute atomic E-state index is 0.0582. The van der Waals surface area contributed by atoms with Gasteiger partial charge in [0, 0.05) is 27.6 Å². The monoisotopic (exact) mass is 365 g/mol. The summed E-state index contributed by atoms with van der Waals surface area (Å²) in [5.74, 6) is 0. The Morgan fingerprint density at radius 1 is 1.31 bits per heavy atom. The molecule has 0 atom stereocenters. The van der Waals surface area contributed by atoms with Gasteiger partial charge >= 0.3 is 0 Å². The number of rotatable bonds is 2. The fourth-order valence-corrected chi connectivity index (χ4v) is 3.20. The van der Waals surface area contributed by atoms with Crippen LogP contribution >= 0.6 is 45.5 Å². The van der Waals surface area contributed by atoms with Gasteiger partial charge in [-0.05, 0) is 40.8 Å². The van der Waals surface area contributed by atoms with E-state index >= 15 is 0 Å². The fraction of sp³-hybridized carbons (Fsp3) is 0. The molecule has 2 rings (SSSR count). The van der Waals surface area contributed by atoms with Gasteiger partial charge in [0.1, 0.15) is 0 Å². The molecule has 82 valence electrons. The third-order valence-electron chi connectivity index (χ3n) is 2.00. The van der Waals surface area contributed by atoms with Crippen molar-refractivity contribution in [1.82, 2.24) is 0 Å². The number of hydrogen-bond acceptors (Lipinski definition) is 3. The maximum absolute atomic E-state index is 10.7. The summed E-state index contributed by atoms with van der Waals surface area (Å²) < 4.78 is 1.12. The quantitative estimate of drug-likeness (QED) is 0.444. The number of non-ortho nitro benzene ring substituents is 1. The Balaban J connectivity index is 2.55. The molecule has 0 radical (unpaired) electrons. The first-order valence-corrected chi connectivity index (χ1v) is 6.55. The van der Waals surface area contributed by atoms with Crippen molar-refractivity contribution >= 4 is 51.2 Å². The molecular weight excluding hydrogens is 361 g/mol. The van der Waals surface area contributed by atoms with Crippen LogP contribution in [0.25, 0.3) is 10.4 Å². The SMILES string of the molecule is O=[N+]([O-])c1ccc(Cl)c(-c2ccc(I)s2)c1. The average Bonchev–Trinajstić information content (AvgIpc) is 2.65. The number of thiophene rings is 1. The first-order chi connectivity index (χ1) is 7.58. The number of halogens is 2. The molecule has 1 heterocycles. The Kier molecular flexibility index (Phi) is 3.46. The standard InChI is InChI=1S/C10H5ClINO2S/c11-8-2-1-6(13(14)15)5-7(8)9-3-4-10(12)16-9/h1-5H. The molecule has 2 aromatic rings. The molecular formula is C10H5ClINO2S. The lowest BCUT2D eigenvalue weighted by atomic mass is 10.1. The molecule has 0 aliphatic heterocycles. The van der Waals surface area contributed by atoms with Crippen LogP contribution in [0.3, 0.4) is 0 Å². The molecule has 1 aromatic heterocycles. The zero-order chi connectivity index (χ0) is 11.7. The minimum atomic E-state index is -0.418. The molecule has 3 nitrogen and oxygen atoms in total. The van der Waals surface area contributed by atoms with Gasteiger partial charge in [0.2, 0.25) is 0 Å². The number of nitrogens with zero attached hydrogens (tertiary/aromatic N) is 1. The Bertz CT molecular complexity index is 556. The third kappa shape index (κ3) is 2.36. The number of nitro groups is 1.